The zero-order valence-electron chi connectivity index (χ0n) is 15.6. The van der Waals surface area contributed by atoms with Gasteiger partial charge in [-0.25, -0.2) is 13.1 Å². The van der Waals surface area contributed by atoms with Crippen LogP contribution in [0, 0.1) is 11.3 Å². The number of carbonyl (C=O) groups is 2. The second-order valence-electron chi connectivity index (χ2n) is 5.95. The summed E-state index contributed by atoms with van der Waals surface area (Å²) in [5.41, 5.74) is 1.32. The number of hydrogen-bond donors (Lipinski definition) is 2. The Hall–Kier alpha value is -3.70. The average molecular weight is 409 g/mol. The lowest BCUT2D eigenvalue weighted by atomic mass is 10.2. The standard InChI is InChI=1S/C21H19N3O4S/c1-2-3-4-8-20(25)23-19-11-9-18(10-12-19)21(26)24-29(27,28)15-17-7-5-6-16(13-17)14-22/h2-13H,15H2,1H3,(H,23,25)(H,24,26)/b3-2+,8-4+. The van der Waals surface area contributed by atoms with Crippen molar-refractivity contribution in [3.63, 3.8) is 0 Å². The molecule has 0 aliphatic carbocycles. The summed E-state index contributed by atoms with van der Waals surface area (Å²) >= 11 is 0. The van der Waals surface area contributed by atoms with Crippen LogP contribution in [-0.4, -0.2) is 20.2 Å². The first kappa shape index (κ1) is 21.6. The quantitative estimate of drug-likeness (QED) is 0.539. The number of amides is 2. The van der Waals surface area contributed by atoms with Crippen molar-refractivity contribution in [1.29, 1.82) is 5.26 Å². The van der Waals surface area contributed by atoms with Gasteiger partial charge < -0.3 is 5.32 Å². The van der Waals surface area contributed by atoms with Crippen molar-refractivity contribution >= 4 is 27.5 Å². The minimum atomic E-state index is -3.94. The van der Waals surface area contributed by atoms with Gasteiger partial charge in [-0.15, -0.1) is 0 Å². The number of nitriles is 1. The molecule has 0 aromatic heterocycles. The van der Waals surface area contributed by atoms with Gasteiger partial charge in [0.1, 0.15) is 0 Å². The molecule has 0 aliphatic rings. The molecule has 2 N–H and O–H groups in total. The van der Waals surface area contributed by atoms with Gasteiger partial charge in [-0.2, -0.15) is 5.26 Å². The first-order valence-corrected chi connectivity index (χ1v) is 10.2. The Labute approximate surface area is 169 Å². The van der Waals surface area contributed by atoms with E-state index in [1.165, 1.54) is 36.4 Å². The summed E-state index contributed by atoms with van der Waals surface area (Å²) in [6.07, 6.45) is 6.44. The summed E-state index contributed by atoms with van der Waals surface area (Å²) in [4.78, 5) is 23.9. The van der Waals surface area contributed by atoms with Crippen LogP contribution in [0.1, 0.15) is 28.4 Å². The molecule has 0 fully saturated rings. The van der Waals surface area contributed by atoms with Gasteiger partial charge in [0.05, 0.1) is 17.4 Å². The van der Waals surface area contributed by atoms with Crippen molar-refractivity contribution < 1.29 is 18.0 Å². The highest BCUT2D eigenvalue weighted by Gasteiger charge is 2.17. The van der Waals surface area contributed by atoms with Gasteiger partial charge in [0.25, 0.3) is 5.91 Å². The smallest absolute Gasteiger partial charge is 0.264 e. The summed E-state index contributed by atoms with van der Waals surface area (Å²) in [7, 11) is -3.94. The lowest BCUT2D eigenvalue weighted by Crippen LogP contribution is -2.31. The first-order chi connectivity index (χ1) is 13.8. The number of nitrogens with one attached hydrogen (secondary N) is 2. The Kier molecular flexibility index (Phi) is 7.46. The zero-order valence-corrected chi connectivity index (χ0v) is 16.4. The van der Waals surface area contributed by atoms with Crippen LogP contribution in [0.3, 0.4) is 0 Å². The third-order valence-corrected chi connectivity index (χ3v) is 4.84. The van der Waals surface area contributed by atoms with E-state index in [1.807, 2.05) is 17.7 Å². The molecule has 0 aliphatic heterocycles. The van der Waals surface area contributed by atoms with Gasteiger partial charge in [-0.1, -0.05) is 30.4 Å². The van der Waals surface area contributed by atoms with E-state index in [9.17, 15) is 18.0 Å². The minimum absolute atomic E-state index is 0.127. The molecular formula is C21H19N3O4S. The van der Waals surface area contributed by atoms with Crippen LogP contribution in [0.5, 0.6) is 0 Å². The molecule has 148 valence electrons. The number of nitrogens with zero attached hydrogens (tertiary/aromatic N) is 1. The third kappa shape index (κ3) is 7.08. The molecule has 0 atom stereocenters. The summed E-state index contributed by atoms with van der Waals surface area (Å²) in [6, 6.07) is 13.9. The number of anilines is 1. The number of benzene rings is 2. The van der Waals surface area contributed by atoms with Crippen LogP contribution in [0.15, 0.2) is 72.8 Å². The predicted molar refractivity (Wildman–Crippen MR) is 110 cm³/mol. The topological polar surface area (TPSA) is 116 Å². The van der Waals surface area contributed by atoms with Crippen molar-refractivity contribution in [2.45, 2.75) is 12.7 Å². The lowest BCUT2D eigenvalue weighted by Gasteiger charge is -2.08. The van der Waals surface area contributed by atoms with Gasteiger partial charge in [-0.05, 0) is 48.9 Å². The largest absolute Gasteiger partial charge is 0.323 e. The first-order valence-electron chi connectivity index (χ1n) is 8.57. The highest BCUT2D eigenvalue weighted by molar-refractivity contribution is 7.89. The Morgan fingerprint density at radius 3 is 2.48 bits per heavy atom. The molecule has 0 saturated carbocycles. The van der Waals surface area contributed by atoms with Gasteiger partial charge >= 0.3 is 0 Å². The molecule has 0 bridgehead atoms. The Morgan fingerprint density at radius 2 is 1.83 bits per heavy atom. The molecule has 0 radical (unpaired) electrons. The predicted octanol–water partition coefficient (Wildman–Crippen LogP) is 2.89. The molecule has 2 aromatic carbocycles. The van der Waals surface area contributed by atoms with Gasteiger partial charge in [-0.3, -0.25) is 9.59 Å². The maximum absolute atomic E-state index is 12.2. The number of allylic oxidation sites excluding steroid dienone is 3. The summed E-state index contributed by atoms with van der Waals surface area (Å²) in [5, 5.41) is 11.5. The van der Waals surface area contributed by atoms with Crippen LogP contribution >= 0.6 is 0 Å². The third-order valence-electron chi connectivity index (χ3n) is 3.63. The fourth-order valence-electron chi connectivity index (χ4n) is 2.33. The number of hydrogen-bond acceptors (Lipinski definition) is 5. The molecular weight excluding hydrogens is 390 g/mol. The van der Waals surface area contributed by atoms with E-state index in [2.05, 4.69) is 5.32 Å². The van der Waals surface area contributed by atoms with Gasteiger partial charge in [0, 0.05) is 17.3 Å². The molecule has 7 nitrogen and oxygen atoms in total. The molecule has 8 heteroatoms. The van der Waals surface area contributed by atoms with E-state index in [4.69, 9.17) is 5.26 Å². The number of rotatable bonds is 7. The van der Waals surface area contributed by atoms with Crippen molar-refractivity contribution in [3.8, 4) is 6.07 Å². The Balaban J connectivity index is 2.01. The average Bonchev–Trinajstić information content (AvgIpc) is 2.68. The summed E-state index contributed by atoms with van der Waals surface area (Å²) in [6.45, 7) is 1.83. The van der Waals surface area contributed by atoms with Crippen molar-refractivity contribution in [2.24, 2.45) is 0 Å². The van der Waals surface area contributed by atoms with E-state index in [0.29, 0.717) is 16.8 Å². The molecule has 29 heavy (non-hydrogen) atoms. The highest BCUT2D eigenvalue weighted by atomic mass is 32.2. The van der Waals surface area contributed by atoms with Crippen molar-refractivity contribution in [2.75, 3.05) is 5.32 Å². The normalized spacial score (nSPS) is 11.3. The molecule has 0 spiro atoms. The fraction of sp³-hybridized carbons (Fsp3) is 0.0952. The highest BCUT2D eigenvalue weighted by Crippen LogP contribution is 2.12. The summed E-state index contributed by atoms with van der Waals surface area (Å²) in [5.74, 6) is -1.55. The van der Waals surface area contributed by atoms with E-state index in [-0.39, 0.29) is 11.5 Å². The second kappa shape index (κ2) is 10.0. The Morgan fingerprint density at radius 1 is 1.10 bits per heavy atom. The second-order valence-corrected chi connectivity index (χ2v) is 7.68. The molecule has 0 heterocycles. The van der Waals surface area contributed by atoms with Gasteiger partial charge in [0.15, 0.2) is 0 Å². The van der Waals surface area contributed by atoms with Crippen molar-refractivity contribution in [3.05, 3.63) is 89.5 Å². The van der Waals surface area contributed by atoms with E-state index in [1.54, 1.807) is 36.4 Å². The van der Waals surface area contributed by atoms with E-state index >= 15 is 0 Å². The maximum Gasteiger partial charge on any atom is 0.264 e. The number of carbonyl (C=O) groups excluding carboxylic acids is 2. The van der Waals surface area contributed by atoms with E-state index in [0.717, 1.165) is 0 Å². The van der Waals surface area contributed by atoms with Crippen LogP contribution in [0.4, 0.5) is 5.69 Å². The lowest BCUT2D eigenvalue weighted by molar-refractivity contribution is -0.111. The molecule has 2 amide bonds. The molecule has 0 saturated heterocycles. The molecule has 2 aromatic rings. The van der Waals surface area contributed by atoms with Crippen LogP contribution in [0.2, 0.25) is 0 Å². The van der Waals surface area contributed by atoms with Crippen LogP contribution < -0.4 is 10.0 Å². The zero-order chi connectivity index (χ0) is 21.3. The maximum atomic E-state index is 12.2. The minimum Gasteiger partial charge on any atom is -0.323 e. The monoisotopic (exact) mass is 409 g/mol. The Bertz CT molecular complexity index is 1100. The summed E-state index contributed by atoms with van der Waals surface area (Å²) < 4.78 is 26.5. The SMILES string of the molecule is C/C=C/C=C/C(=O)Nc1ccc(C(=O)NS(=O)(=O)Cc2cccc(C#N)c2)cc1. The van der Waals surface area contributed by atoms with Crippen molar-refractivity contribution in [1.82, 2.24) is 4.72 Å². The fourth-order valence-corrected chi connectivity index (χ4v) is 3.42. The van der Waals surface area contributed by atoms with Crippen LogP contribution in [-0.2, 0) is 20.6 Å². The van der Waals surface area contributed by atoms with E-state index < -0.39 is 21.7 Å². The molecule has 2 rings (SSSR count). The number of sulfonamides is 1. The van der Waals surface area contributed by atoms with Crippen LogP contribution in [0.25, 0.3) is 0 Å². The van der Waals surface area contributed by atoms with Gasteiger partial charge in [0.2, 0.25) is 15.9 Å². The molecule has 0 unspecified atom stereocenters.